The number of anilines is 1. The predicted octanol–water partition coefficient (Wildman–Crippen LogP) is 5.62. The summed E-state index contributed by atoms with van der Waals surface area (Å²) in [5.41, 5.74) is 1.55. The highest BCUT2D eigenvalue weighted by molar-refractivity contribution is 5.90. The molecule has 6 aliphatic rings. The zero-order valence-corrected chi connectivity index (χ0v) is 36.3. The van der Waals surface area contributed by atoms with E-state index in [4.69, 9.17) is 18.9 Å². The normalized spacial score (nSPS) is 35.2. The highest BCUT2D eigenvalue weighted by Gasteiger charge is 2.80. The maximum atomic E-state index is 15.7. The van der Waals surface area contributed by atoms with Crippen LogP contribution in [0, 0.1) is 24.2 Å². The van der Waals surface area contributed by atoms with Crippen LogP contribution in [-0.4, -0.2) is 129 Å². The first kappa shape index (κ1) is 41.8. The highest BCUT2D eigenvalue weighted by atomic mass is 19.3. The van der Waals surface area contributed by atoms with Gasteiger partial charge in [0, 0.05) is 97.2 Å². The number of nitrogens with one attached hydrogen (secondary N) is 1. The van der Waals surface area contributed by atoms with E-state index < -0.39 is 76.1 Å². The smallest absolute Gasteiger partial charge is 0.344 e. The summed E-state index contributed by atoms with van der Waals surface area (Å²) in [7, 11) is 6.00. The van der Waals surface area contributed by atoms with Crippen molar-refractivity contribution in [2.75, 3.05) is 66.0 Å². The topological polar surface area (TPSA) is 134 Å². The first-order valence-corrected chi connectivity index (χ1v) is 21.6. The Morgan fingerprint density at radius 1 is 1.05 bits per heavy atom. The van der Waals surface area contributed by atoms with E-state index in [1.165, 1.54) is 21.1 Å². The van der Waals surface area contributed by atoms with Gasteiger partial charge in [-0.25, -0.2) is 13.6 Å². The second-order valence-corrected chi connectivity index (χ2v) is 18.7. The quantitative estimate of drug-likeness (QED) is 0.175. The molecule has 3 aromatic rings. The van der Waals surface area contributed by atoms with E-state index in [9.17, 15) is 19.5 Å². The molecule has 2 aromatic carbocycles. The molecule has 6 heterocycles. The van der Waals surface area contributed by atoms with Gasteiger partial charge in [0.15, 0.2) is 6.10 Å². The molecular weight excluding hydrogens is 787 g/mol. The Morgan fingerprint density at radius 2 is 1.82 bits per heavy atom. The highest BCUT2D eigenvalue weighted by Crippen LogP contribution is 2.68. The van der Waals surface area contributed by atoms with Crippen molar-refractivity contribution in [3.05, 3.63) is 70.4 Å². The van der Waals surface area contributed by atoms with Crippen LogP contribution < -0.4 is 9.64 Å². The van der Waals surface area contributed by atoms with Gasteiger partial charge in [0.1, 0.15) is 11.7 Å². The minimum absolute atomic E-state index is 0.160. The van der Waals surface area contributed by atoms with Gasteiger partial charge < -0.3 is 38.8 Å². The molecule has 2 N–H and O–H groups in total. The molecule has 3 fully saturated rings. The van der Waals surface area contributed by atoms with Crippen LogP contribution in [0.25, 0.3) is 10.9 Å². The molecule has 12 nitrogen and oxygen atoms in total. The number of halogens is 2. The third-order valence-electron chi connectivity index (χ3n) is 15.8. The van der Waals surface area contributed by atoms with Crippen molar-refractivity contribution in [3.63, 3.8) is 0 Å². The molecule has 5 aliphatic heterocycles. The van der Waals surface area contributed by atoms with E-state index in [2.05, 4.69) is 26.9 Å². The summed E-state index contributed by atoms with van der Waals surface area (Å²) in [6, 6.07) is 8.85. The minimum atomic E-state index is -2.98. The molecule has 11 atom stereocenters. The zero-order chi connectivity index (χ0) is 43.6. The van der Waals surface area contributed by atoms with Gasteiger partial charge in [-0.05, 0) is 86.9 Å². The van der Waals surface area contributed by atoms with E-state index in [0.29, 0.717) is 68.1 Å². The van der Waals surface area contributed by atoms with E-state index in [-0.39, 0.29) is 19.0 Å². The molecule has 1 saturated carbocycles. The van der Waals surface area contributed by atoms with E-state index in [1.807, 2.05) is 56.1 Å². The lowest BCUT2D eigenvalue weighted by Gasteiger charge is -2.63. The summed E-state index contributed by atoms with van der Waals surface area (Å²) in [6.07, 6.45) is 4.43. The molecule has 0 radical (unpaired) electrons. The molecule has 0 amide bonds. The number of ether oxygens (including phenoxy) is 4. The minimum Gasteiger partial charge on any atom is -0.496 e. The molecule has 1 spiro atoms. The summed E-state index contributed by atoms with van der Waals surface area (Å²) in [6.45, 7) is 8.78. The van der Waals surface area contributed by atoms with Crippen LogP contribution in [0.2, 0.25) is 0 Å². The number of hydrogen-bond acceptors (Lipinski definition) is 11. The Balaban J connectivity index is 1.34. The number of nitrogens with zero attached hydrogens (tertiary/aromatic N) is 3. The predicted molar refractivity (Wildman–Crippen MR) is 224 cm³/mol. The number of carbonyl (C=O) groups is 3. The van der Waals surface area contributed by atoms with Gasteiger partial charge in [-0.3, -0.25) is 14.5 Å². The number of carbonyl (C=O) groups excluding carboxylic acids is 3. The number of benzene rings is 2. The number of aryl methyl sites for hydroxylation is 1. The molecule has 9 rings (SSSR count). The summed E-state index contributed by atoms with van der Waals surface area (Å²) in [5.74, 6) is -7.59. The van der Waals surface area contributed by atoms with Crippen LogP contribution in [0.15, 0.2) is 42.5 Å². The third kappa shape index (κ3) is 5.79. The molecule has 1 aromatic heterocycles. The van der Waals surface area contributed by atoms with E-state index >= 15 is 8.78 Å². The Labute approximate surface area is 355 Å². The standard InChI is InChI=1S/C47H58F2N4O8/c1-9-45-14-10-16-53-18-15-46(40(45)53)32-21-31(35(58-6)22-34(32)51(5)41(46)47(57,43(56)60-8)42(45)61-26(3)54)36-27-20-28(44(4,48)49)24-52(23-27)17-13-29-30-19-25(2)11-12-33(30)50-38(29)37(36)39(55)59-7/h10-12,14,19,21-22,27-28,36-37,40-42,50,57H,9,13,15-18,20,23-24H2,1-8H3/t27-,28?,36+,37+,40-,41+,42+,45+,46+,47-/m0/s1. The number of alkyl halides is 2. The fourth-order valence-corrected chi connectivity index (χ4v) is 13.5. The van der Waals surface area contributed by atoms with Crippen LogP contribution in [0.3, 0.4) is 0 Å². The van der Waals surface area contributed by atoms with Crippen LogP contribution in [0.1, 0.15) is 79.8 Å². The van der Waals surface area contributed by atoms with Gasteiger partial charge >= 0.3 is 17.9 Å². The molecule has 2 bridgehead atoms. The van der Waals surface area contributed by atoms with Crippen molar-refractivity contribution in [2.24, 2.45) is 17.3 Å². The molecule has 14 heteroatoms. The number of likely N-dealkylation sites (N-methyl/N-ethyl adjacent to an activating group) is 1. The molecule has 2 saturated heterocycles. The first-order valence-electron chi connectivity index (χ1n) is 21.6. The maximum Gasteiger partial charge on any atom is 0.344 e. The largest absolute Gasteiger partial charge is 0.496 e. The van der Waals surface area contributed by atoms with Crippen LogP contribution in [0.4, 0.5) is 14.5 Å². The number of aliphatic hydroxyl groups is 1. The number of piperidine rings is 1. The average Bonchev–Trinajstić information content (AvgIpc) is 3.88. The Kier molecular flexibility index (Phi) is 9.95. The van der Waals surface area contributed by atoms with Crippen molar-refractivity contribution in [3.8, 4) is 5.75 Å². The van der Waals surface area contributed by atoms with Crippen molar-refractivity contribution in [1.29, 1.82) is 0 Å². The summed E-state index contributed by atoms with van der Waals surface area (Å²) in [4.78, 5) is 52.1. The Morgan fingerprint density at radius 3 is 2.49 bits per heavy atom. The van der Waals surface area contributed by atoms with Gasteiger partial charge in [0.05, 0.1) is 27.4 Å². The molecule has 61 heavy (non-hydrogen) atoms. The fourth-order valence-electron chi connectivity index (χ4n) is 13.5. The molecule has 328 valence electrons. The number of aromatic nitrogens is 1. The number of aromatic amines is 1. The van der Waals surface area contributed by atoms with Crippen molar-refractivity contribution in [1.82, 2.24) is 14.8 Å². The first-order chi connectivity index (χ1) is 29.0. The van der Waals surface area contributed by atoms with Crippen LogP contribution >= 0.6 is 0 Å². The van der Waals surface area contributed by atoms with Gasteiger partial charge in [0.25, 0.3) is 0 Å². The summed E-state index contributed by atoms with van der Waals surface area (Å²) < 4.78 is 54.9. The summed E-state index contributed by atoms with van der Waals surface area (Å²) >= 11 is 0. The lowest BCUT2D eigenvalue weighted by Crippen LogP contribution is -2.81. The number of hydrogen-bond donors (Lipinski definition) is 2. The van der Waals surface area contributed by atoms with Gasteiger partial charge in [-0.1, -0.05) is 30.7 Å². The van der Waals surface area contributed by atoms with E-state index in [0.717, 1.165) is 34.5 Å². The monoisotopic (exact) mass is 844 g/mol. The lowest BCUT2D eigenvalue weighted by atomic mass is 9.47. The van der Waals surface area contributed by atoms with Gasteiger partial charge in [-0.2, -0.15) is 0 Å². The third-order valence-corrected chi connectivity index (χ3v) is 15.8. The van der Waals surface area contributed by atoms with Crippen molar-refractivity contribution < 1.29 is 47.2 Å². The second kappa shape index (κ2) is 14.5. The number of fused-ring (bicyclic) bond motifs is 6. The van der Waals surface area contributed by atoms with Crippen molar-refractivity contribution >= 4 is 34.5 Å². The van der Waals surface area contributed by atoms with Gasteiger partial charge in [-0.15, -0.1) is 0 Å². The fraction of sp³-hybridized carbons (Fsp3) is 0.596. The van der Waals surface area contributed by atoms with Crippen molar-refractivity contribution in [2.45, 2.75) is 100 Å². The Hall–Kier alpha value is -4.53. The average molecular weight is 845 g/mol. The van der Waals surface area contributed by atoms with E-state index in [1.54, 1.807) is 7.11 Å². The zero-order valence-electron chi connectivity index (χ0n) is 36.3. The molecule has 2 unspecified atom stereocenters. The number of esters is 3. The van der Waals surface area contributed by atoms with Crippen LogP contribution in [-0.2, 0) is 40.4 Å². The summed E-state index contributed by atoms with van der Waals surface area (Å²) in [5, 5.41) is 14.3. The van der Waals surface area contributed by atoms with Crippen LogP contribution in [0.5, 0.6) is 5.75 Å². The lowest BCUT2D eigenvalue weighted by molar-refractivity contribution is -0.228. The number of rotatable bonds is 7. The number of H-pyrrole nitrogens is 1. The SMILES string of the molecule is CC[C@]12C=CCN3CC[C@@]4(c5cc([C@H]6[C@H]7CC(C(C)(F)F)CN(CCc8c([nH]c9ccc(C)cc89)[C@@H]6C(=O)OC)C7)c(OC)cc5N(C)[C@H]4[C@@](O)(C(=O)OC)[C@@H]1OC(C)=O)[C@@H]32. The van der Waals surface area contributed by atoms with Gasteiger partial charge in [0.2, 0.25) is 11.5 Å². The maximum absolute atomic E-state index is 15.7. The Bertz CT molecular complexity index is 2330. The number of methoxy groups -OCH3 is 3. The molecule has 1 aliphatic carbocycles. The second-order valence-electron chi connectivity index (χ2n) is 18.7. The molecular formula is C47H58F2N4O8.